The molecule has 1 aliphatic carbocycles. The van der Waals surface area contributed by atoms with Crippen LogP contribution in [-0.2, 0) is 6.42 Å². The summed E-state index contributed by atoms with van der Waals surface area (Å²) in [6, 6.07) is 15.4. The van der Waals surface area contributed by atoms with Gasteiger partial charge in [0.15, 0.2) is 5.78 Å². The number of Topliss-reactive ketones (excluding diaryl/α,β-unsaturated/α-hetero) is 1. The molecule has 3 rings (SSSR count). The van der Waals surface area contributed by atoms with Crippen molar-refractivity contribution in [2.24, 2.45) is 0 Å². The lowest BCUT2D eigenvalue weighted by Crippen LogP contribution is -1.95. The van der Waals surface area contributed by atoms with Gasteiger partial charge < -0.3 is 0 Å². The van der Waals surface area contributed by atoms with E-state index in [1.165, 1.54) is 0 Å². The lowest BCUT2D eigenvalue weighted by molar-refractivity contribution is 0.104. The second-order valence-corrected chi connectivity index (χ2v) is 4.82. The Hall–Kier alpha value is -1.86. The number of benzene rings is 2. The number of hydrogen-bond acceptors (Lipinski definition) is 1. The van der Waals surface area contributed by atoms with Crippen molar-refractivity contribution >= 4 is 23.5 Å². The molecule has 2 aromatic rings. The summed E-state index contributed by atoms with van der Waals surface area (Å²) in [5.41, 5.74) is 3.69. The molecule has 0 aliphatic heterocycles. The van der Waals surface area contributed by atoms with Crippen molar-refractivity contribution in [3.63, 3.8) is 0 Å². The smallest absolute Gasteiger partial charge is 0.189 e. The molecule has 0 saturated heterocycles. The molecule has 0 atom stereocenters. The Morgan fingerprint density at radius 1 is 1.06 bits per heavy atom. The monoisotopic (exact) mass is 254 g/mol. The minimum absolute atomic E-state index is 0.0938. The average molecular weight is 255 g/mol. The van der Waals surface area contributed by atoms with Crippen LogP contribution in [0.25, 0.3) is 6.08 Å². The molecule has 0 bridgehead atoms. The van der Waals surface area contributed by atoms with Crippen molar-refractivity contribution < 1.29 is 4.79 Å². The third-order valence-corrected chi connectivity index (χ3v) is 3.36. The second kappa shape index (κ2) is 4.43. The molecule has 2 aromatic carbocycles. The Morgan fingerprint density at radius 3 is 2.61 bits per heavy atom. The minimum atomic E-state index is 0.0938. The molecule has 88 valence electrons. The zero-order chi connectivity index (χ0) is 12.5. The third-order valence-electron chi connectivity index (χ3n) is 3.13. The molecular formula is C16H11ClO. The maximum Gasteiger partial charge on any atom is 0.189 e. The van der Waals surface area contributed by atoms with E-state index in [-0.39, 0.29) is 5.78 Å². The fourth-order valence-corrected chi connectivity index (χ4v) is 2.41. The van der Waals surface area contributed by atoms with Crippen molar-refractivity contribution in [2.75, 3.05) is 0 Å². The summed E-state index contributed by atoms with van der Waals surface area (Å²) in [4.78, 5) is 12.2. The van der Waals surface area contributed by atoms with Gasteiger partial charge in [-0.05, 0) is 29.3 Å². The number of carbonyl (C=O) groups is 1. The summed E-state index contributed by atoms with van der Waals surface area (Å²) in [6.07, 6.45) is 2.65. The quantitative estimate of drug-likeness (QED) is 0.699. The maximum absolute atomic E-state index is 12.2. The standard InChI is InChI=1S/C16H11ClO/c17-14-7-6-12-9-13(16(18)15(12)10-14)8-11-4-2-1-3-5-11/h1-8,10H,9H2/b13-8+. The van der Waals surface area contributed by atoms with Gasteiger partial charge in [0.1, 0.15) is 0 Å². The first-order chi connectivity index (χ1) is 8.74. The molecule has 0 aromatic heterocycles. The number of halogens is 1. The fraction of sp³-hybridized carbons (Fsp3) is 0.0625. The van der Waals surface area contributed by atoms with Crippen molar-refractivity contribution in [1.29, 1.82) is 0 Å². The molecule has 0 heterocycles. The number of fused-ring (bicyclic) bond motifs is 1. The van der Waals surface area contributed by atoms with E-state index >= 15 is 0 Å². The van der Waals surface area contributed by atoms with E-state index in [2.05, 4.69) is 0 Å². The average Bonchev–Trinajstić information content (AvgIpc) is 2.68. The van der Waals surface area contributed by atoms with Crippen LogP contribution in [0.5, 0.6) is 0 Å². The summed E-state index contributed by atoms with van der Waals surface area (Å²) in [6.45, 7) is 0. The largest absolute Gasteiger partial charge is 0.289 e. The van der Waals surface area contributed by atoms with Gasteiger partial charge in [-0.3, -0.25) is 4.79 Å². The Balaban J connectivity index is 2.00. The van der Waals surface area contributed by atoms with Crippen LogP contribution in [0, 0.1) is 0 Å². The topological polar surface area (TPSA) is 17.1 Å². The molecule has 0 radical (unpaired) electrons. The van der Waals surface area contributed by atoms with Crippen LogP contribution in [-0.4, -0.2) is 5.78 Å². The van der Waals surface area contributed by atoms with Gasteiger partial charge in [-0.1, -0.05) is 48.0 Å². The van der Waals surface area contributed by atoms with Crippen molar-refractivity contribution in [3.8, 4) is 0 Å². The number of hydrogen-bond donors (Lipinski definition) is 0. The van der Waals surface area contributed by atoms with E-state index in [1.807, 2.05) is 48.5 Å². The van der Waals surface area contributed by atoms with Gasteiger partial charge in [-0.25, -0.2) is 0 Å². The Bertz CT molecular complexity index is 641. The highest BCUT2D eigenvalue weighted by molar-refractivity contribution is 6.31. The summed E-state index contributed by atoms with van der Waals surface area (Å²) >= 11 is 5.92. The van der Waals surface area contributed by atoms with Crippen molar-refractivity contribution in [3.05, 3.63) is 75.8 Å². The number of carbonyl (C=O) groups excluding carboxylic acids is 1. The number of allylic oxidation sites excluding steroid dienone is 1. The van der Waals surface area contributed by atoms with E-state index in [9.17, 15) is 4.79 Å². The molecular weight excluding hydrogens is 244 g/mol. The predicted molar refractivity (Wildman–Crippen MR) is 73.9 cm³/mol. The van der Waals surface area contributed by atoms with Crippen LogP contribution in [0.3, 0.4) is 0 Å². The van der Waals surface area contributed by atoms with Gasteiger partial charge in [0.2, 0.25) is 0 Å². The normalized spacial score (nSPS) is 16.1. The highest BCUT2D eigenvalue weighted by Gasteiger charge is 2.24. The SMILES string of the molecule is O=C1/C(=C/c2ccccc2)Cc2ccc(Cl)cc21. The van der Waals surface area contributed by atoms with E-state index in [1.54, 1.807) is 6.07 Å². The molecule has 0 unspecified atom stereocenters. The summed E-state index contributed by atoms with van der Waals surface area (Å²) in [5, 5.41) is 0.614. The lowest BCUT2D eigenvalue weighted by Gasteiger charge is -1.96. The molecule has 1 nitrogen and oxygen atoms in total. The molecule has 0 fully saturated rings. The van der Waals surface area contributed by atoms with Crippen molar-refractivity contribution in [1.82, 2.24) is 0 Å². The van der Waals surface area contributed by atoms with E-state index in [0.29, 0.717) is 11.4 Å². The molecule has 18 heavy (non-hydrogen) atoms. The first kappa shape index (κ1) is 11.2. The Morgan fingerprint density at radius 2 is 1.83 bits per heavy atom. The molecule has 2 heteroatoms. The van der Waals surface area contributed by atoms with Crippen LogP contribution in [0.4, 0.5) is 0 Å². The Labute approximate surface area is 111 Å². The third kappa shape index (κ3) is 1.98. The molecule has 1 aliphatic rings. The predicted octanol–water partition coefficient (Wildman–Crippen LogP) is 4.16. The van der Waals surface area contributed by atoms with Gasteiger partial charge in [-0.2, -0.15) is 0 Å². The number of ketones is 1. The van der Waals surface area contributed by atoms with Crippen LogP contribution >= 0.6 is 11.6 Å². The zero-order valence-corrected chi connectivity index (χ0v) is 10.4. The zero-order valence-electron chi connectivity index (χ0n) is 9.69. The van der Waals surface area contributed by atoms with Crippen LogP contribution in [0.2, 0.25) is 5.02 Å². The molecule has 0 N–H and O–H groups in total. The summed E-state index contributed by atoms with van der Waals surface area (Å²) in [7, 11) is 0. The van der Waals surface area contributed by atoms with E-state index in [0.717, 1.165) is 22.3 Å². The first-order valence-electron chi connectivity index (χ1n) is 5.83. The van der Waals surface area contributed by atoms with Crippen molar-refractivity contribution in [2.45, 2.75) is 6.42 Å². The second-order valence-electron chi connectivity index (χ2n) is 4.39. The maximum atomic E-state index is 12.2. The first-order valence-corrected chi connectivity index (χ1v) is 6.20. The van der Waals surface area contributed by atoms with Crippen LogP contribution in [0.15, 0.2) is 54.1 Å². The number of rotatable bonds is 1. The highest BCUT2D eigenvalue weighted by atomic mass is 35.5. The van der Waals surface area contributed by atoms with Crippen LogP contribution < -0.4 is 0 Å². The van der Waals surface area contributed by atoms with E-state index < -0.39 is 0 Å². The fourth-order valence-electron chi connectivity index (χ4n) is 2.24. The van der Waals surface area contributed by atoms with Gasteiger partial charge >= 0.3 is 0 Å². The van der Waals surface area contributed by atoms with E-state index in [4.69, 9.17) is 11.6 Å². The molecule has 0 saturated carbocycles. The van der Waals surface area contributed by atoms with Crippen LogP contribution in [0.1, 0.15) is 21.5 Å². The highest BCUT2D eigenvalue weighted by Crippen LogP contribution is 2.29. The molecule has 0 amide bonds. The summed E-state index contributed by atoms with van der Waals surface area (Å²) < 4.78 is 0. The van der Waals surface area contributed by atoms with Gasteiger partial charge in [0.25, 0.3) is 0 Å². The lowest BCUT2D eigenvalue weighted by atomic mass is 10.1. The van der Waals surface area contributed by atoms with Gasteiger partial charge in [-0.15, -0.1) is 0 Å². The Kier molecular flexibility index (Phi) is 2.77. The van der Waals surface area contributed by atoms with Gasteiger partial charge in [0.05, 0.1) is 0 Å². The minimum Gasteiger partial charge on any atom is -0.289 e. The molecule has 0 spiro atoms. The van der Waals surface area contributed by atoms with Gasteiger partial charge in [0, 0.05) is 22.6 Å². The summed E-state index contributed by atoms with van der Waals surface area (Å²) in [5.74, 6) is 0.0938.